The highest BCUT2D eigenvalue weighted by Gasteiger charge is 2.51. The minimum atomic E-state index is -0.0389. The van der Waals surface area contributed by atoms with E-state index in [1.54, 1.807) is 0 Å². The average molecular weight is 1050 g/mol. The molecule has 0 fully saturated rings. The third-order valence-corrected chi connectivity index (χ3v) is 20.5. The van der Waals surface area contributed by atoms with E-state index >= 15 is 0 Å². The molecule has 0 unspecified atom stereocenters. The van der Waals surface area contributed by atoms with Crippen LogP contribution in [0, 0.1) is 0 Å². The Morgan fingerprint density at radius 3 is 0.988 bits per heavy atom. The summed E-state index contributed by atoms with van der Waals surface area (Å²) >= 11 is 0. The molecule has 0 saturated carbocycles. The molecule has 84 heavy (non-hydrogen) atoms. The molecule has 0 aromatic heterocycles. The van der Waals surface area contributed by atoms with Gasteiger partial charge in [0.2, 0.25) is 6.71 Å². The zero-order valence-corrected chi connectivity index (χ0v) is 45.2. The van der Waals surface area contributed by atoms with Crippen molar-refractivity contribution >= 4 is 248 Å². The van der Waals surface area contributed by atoms with Crippen LogP contribution in [0.3, 0.4) is 0 Å². The van der Waals surface area contributed by atoms with E-state index in [4.69, 9.17) is 0 Å². The van der Waals surface area contributed by atoms with Gasteiger partial charge in [-0.15, -0.1) is 0 Å². The van der Waals surface area contributed by atoms with E-state index in [0.717, 1.165) is 11.4 Å². The largest absolute Gasteiger partial charge is 0.356 e. The van der Waals surface area contributed by atoms with E-state index in [0.29, 0.717) is 0 Å². The highest BCUT2D eigenvalue weighted by atomic mass is 15.2. The first-order valence-corrected chi connectivity index (χ1v) is 29.6. The first-order valence-electron chi connectivity index (χ1n) is 29.6. The van der Waals surface area contributed by atoms with E-state index in [9.17, 15) is 0 Å². The van der Waals surface area contributed by atoms with Crippen molar-refractivity contribution in [3.8, 4) is 0 Å². The van der Waals surface area contributed by atoms with Crippen molar-refractivity contribution in [3.05, 3.63) is 218 Å². The average Bonchev–Trinajstić information content (AvgIpc) is 0.705. The lowest BCUT2D eigenvalue weighted by atomic mass is 9.26. The van der Waals surface area contributed by atoms with Gasteiger partial charge in [-0.1, -0.05) is 208 Å². The first-order chi connectivity index (χ1) is 41.7. The van der Waals surface area contributed by atoms with Crippen LogP contribution in [0.5, 0.6) is 0 Å². The number of benzene rings is 13. The Balaban J connectivity index is 1.05. The fourth-order valence-electron chi connectivity index (χ4n) is 17.6. The van der Waals surface area contributed by atoms with Crippen LogP contribution in [0.2, 0.25) is 0 Å². The number of hydrogen-bond donors (Lipinski definition) is 2. The molecule has 13 aromatic rings. The highest BCUT2D eigenvalue weighted by Crippen LogP contribution is 2.52. The molecule has 13 aromatic carbocycles. The van der Waals surface area contributed by atoms with Gasteiger partial charge in [0.15, 0.2) is 29.1 Å². The lowest BCUT2D eigenvalue weighted by Gasteiger charge is -2.48. The SMILES string of the molecule is [B]1c2ccccc2B2c3ccccc3N3c4ccccc4[B]c4c3c2c1c1c2c3c5c6c(c2c2c7c8c9c(c2c41)Nc1ccccc1B9c1ccccc1N8c1ccccc1[B]7)Nc1ccccc1B6c1ccccc1N5c1ccccc1[B]3. The van der Waals surface area contributed by atoms with E-state index in [1.165, 1.54) is 188 Å². The molecule has 0 spiro atoms. The Morgan fingerprint density at radius 1 is 0.250 bits per heavy atom. The number of anilines is 13. The predicted octanol–water partition coefficient (Wildman–Crippen LogP) is 4.03. The standard InChI is InChI=1S/C72H38B7N5/c1-5-23-41-37(19-1)73-61-55-56(62-70-65(61)77(41)44-26-8-16-34-52(44)82(70)49-31-13-2-20-38(49)74-62)59-58(64-72-67-68(59)80-48-30-12-7-25-43(48)79(67)46-28-10-18-36-54(46)84(72)51-33-15-4-22-40(51)76-64)60-57(55)63-71-66-69(60)81-47-29-11-6-24-42(47)78(66)45-27-9-17-35-53(45)83(71)50-32-14-3-21-39(50)75-63/h1-36,80-81H. The van der Waals surface area contributed by atoms with Gasteiger partial charge >= 0.3 is 0 Å². The normalized spacial score (nSPS) is 14.9. The number of nitrogens with zero attached hydrogens (tertiary/aromatic N) is 3. The Hall–Kier alpha value is -9.91. The lowest BCUT2D eigenvalue weighted by molar-refractivity contribution is 1.31. The van der Waals surface area contributed by atoms with Gasteiger partial charge in [0.05, 0.1) is 0 Å². The molecule has 9 aliphatic rings. The van der Waals surface area contributed by atoms with Crippen molar-refractivity contribution in [2.75, 3.05) is 25.3 Å². The summed E-state index contributed by atoms with van der Waals surface area (Å²) in [6.45, 7) is -0.0932. The van der Waals surface area contributed by atoms with E-state index < -0.39 is 0 Å². The molecule has 12 heteroatoms. The van der Waals surface area contributed by atoms with E-state index in [2.05, 4.69) is 273 Å². The molecule has 372 valence electrons. The van der Waals surface area contributed by atoms with Gasteiger partial charge in [0, 0.05) is 84.7 Å². The van der Waals surface area contributed by atoms with Crippen molar-refractivity contribution in [1.29, 1.82) is 0 Å². The molecule has 9 heterocycles. The van der Waals surface area contributed by atoms with Gasteiger partial charge in [0.1, 0.15) is 0 Å². The molecule has 0 amide bonds. The molecule has 0 saturated heterocycles. The van der Waals surface area contributed by atoms with Gasteiger partial charge in [0.25, 0.3) is 13.4 Å². The minimum absolute atomic E-state index is 0.0154. The second-order valence-electron chi connectivity index (χ2n) is 24.2. The van der Waals surface area contributed by atoms with Crippen LogP contribution in [0.25, 0.3) is 32.3 Å². The van der Waals surface area contributed by atoms with Crippen LogP contribution in [-0.2, 0) is 0 Å². The fraction of sp³-hybridized carbons (Fsp3) is 0. The molecule has 4 radical (unpaired) electrons. The quantitative estimate of drug-likeness (QED) is 0.178. The molecule has 0 bridgehead atoms. The third kappa shape index (κ3) is 5.03. The summed E-state index contributed by atoms with van der Waals surface area (Å²) < 4.78 is 0. The Labute approximate surface area is 489 Å². The number of para-hydroxylation sites is 8. The number of hydrogen-bond acceptors (Lipinski definition) is 5. The molecule has 0 atom stereocenters. The Bertz CT molecular complexity index is 4490. The van der Waals surface area contributed by atoms with Gasteiger partial charge in [-0.2, -0.15) is 0 Å². The van der Waals surface area contributed by atoms with Gasteiger partial charge < -0.3 is 25.3 Å². The zero-order valence-electron chi connectivity index (χ0n) is 45.2. The summed E-state index contributed by atoms with van der Waals surface area (Å²) in [5, 5.41) is 16.4. The molecule has 9 aliphatic heterocycles. The number of fused-ring (bicyclic) bond motifs is 33. The summed E-state index contributed by atoms with van der Waals surface area (Å²) in [7, 11) is 10.3. The summed E-state index contributed by atoms with van der Waals surface area (Å²) in [6.07, 6.45) is 0. The second-order valence-corrected chi connectivity index (χ2v) is 24.2. The predicted molar refractivity (Wildman–Crippen MR) is 363 cm³/mol. The maximum Gasteiger partial charge on any atom is 0.252 e. The van der Waals surface area contributed by atoms with Crippen LogP contribution in [0.1, 0.15) is 0 Å². The molecular formula is C72H38B7N5. The Kier molecular flexibility index (Phi) is 7.92. The van der Waals surface area contributed by atoms with Crippen LogP contribution < -0.4 is 118 Å². The number of rotatable bonds is 0. The van der Waals surface area contributed by atoms with Crippen molar-refractivity contribution in [2.45, 2.75) is 0 Å². The van der Waals surface area contributed by atoms with Crippen LogP contribution in [-0.4, -0.2) is 49.3 Å². The first kappa shape index (κ1) is 43.8. The van der Waals surface area contributed by atoms with Gasteiger partial charge in [-0.3, -0.25) is 0 Å². The van der Waals surface area contributed by atoms with Gasteiger partial charge in [-0.25, -0.2) is 0 Å². The smallest absolute Gasteiger partial charge is 0.252 e. The Morgan fingerprint density at radius 2 is 0.548 bits per heavy atom. The van der Waals surface area contributed by atoms with Crippen molar-refractivity contribution in [2.24, 2.45) is 0 Å². The van der Waals surface area contributed by atoms with Crippen molar-refractivity contribution < 1.29 is 0 Å². The molecule has 22 rings (SSSR count). The summed E-state index contributed by atoms with van der Waals surface area (Å²) in [5.74, 6) is 0. The van der Waals surface area contributed by atoms with Crippen LogP contribution in [0.15, 0.2) is 218 Å². The van der Waals surface area contributed by atoms with E-state index in [-0.39, 0.29) is 20.1 Å². The van der Waals surface area contributed by atoms with Crippen LogP contribution in [0.4, 0.5) is 73.9 Å². The summed E-state index contributed by atoms with van der Waals surface area (Å²) in [4.78, 5) is 7.93. The van der Waals surface area contributed by atoms with Gasteiger partial charge in [-0.05, 0) is 125 Å². The lowest BCUT2D eigenvalue weighted by Crippen LogP contribution is -2.72. The monoisotopic (exact) mass is 1050 g/mol. The second kappa shape index (κ2) is 15.2. The van der Waals surface area contributed by atoms with E-state index in [1.807, 2.05) is 0 Å². The summed E-state index contributed by atoms with van der Waals surface area (Å²) in [5.41, 5.74) is 37.7. The number of nitrogens with one attached hydrogen (secondary N) is 2. The molecule has 5 nitrogen and oxygen atoms in total. The zero-order chi connectivity index (χ0) is 53.9. The third-order valence-electron chi connectivity index (χ3n) is 20.5. The fourth-order valence-corrected chi connectivity index (χ4v) is 17.6. The minimum Gasteiger partial charge on any atom is -0.356 e. The topological polar surface area (TPSA) is 33.8 Å². The molecular weight excluding hydrogens is 1010 g/mol. The van der Waals surface area contributed by atoms with Crippen LogP contribution >= 0.6 is 0 Å². The maximum absolute atomic E-state index is 4.40. The summed E-state index contributed by atoms with van der Waals surface area (Å²) in [6, 6.07) is 82.7. The van der Waals surface area contributed by atoms with Crippen molar-refractivity contribution in [1.82, 2.24) is 0 Å². The molecule has 2 N–H and O–H groups in total. The molecule has 0 aliphatic carbocycles. The van der Waals surface area contributed by atoms with Crippen molar-refractivity contribution in [3.63, 3.8) is 0 Å². The maximum atomic E-state index is 4.40. The highest BCUT2D eigenvalue weighted by molar-refractivity contribution is 7.08.